The first-order valence-corrected chi connectivity index (χ1v) is 40.9. The summed E-state index contributed by atoms with van der Waals surface area (Å²) in [5.41, 5.74) is -7.08. The zero-order valence-electron chi connectivity index (χ0n) is 59.0. The van der Waals surface area contributed by atoms with E-state index in [1.165, 1.54) is 69.6 Å². The molecule has 0 radical (unpaired) electrons. The van der Waals surface area contributed by atoms with Crippen LogP contribution in [0.25, 0.3) is 0 Å². The van der Waals surface area contributed by atoms with Crippen LogP contribution in [0.5, 0.6) is 5.75 Å². The third-order valence-corrected chi connectivity index (χ3v) is 29.2. The van der Waals surface area contributed by atoms with Crippen molar-refractivity contribution in [3.05, 3.63) is 332 Å². The molecule has 0 fully saturated rings. The fourth-order valence-electron chi connectivity index (χ4n) is 11.7. The van der Waals surface area contributed by atoms with Gasteiger partial charge in [-0.2, -0.15) is 0 Å². The van der Waals surface area contributed by atoms with Crippen molar-refractivity contribution in [2.45, 2.75) is 151 Å². The van der Waals surface area contributed by atoms with E-state index in [0.717, 1.165) is 25.8 Å². The maximum Gasteiger partial charge on any atom is 0.586 e. The van der Waals surface area contributed by atoms with Crippen LogP contribution in [-0.2, 0) is 75.1 Å². The fraction of sp³-hybridized carbons (Fsp3) is 0.163. The third-order valence-electron chi connectivity index (χ3n) is 16.6. The Bertz CT molecular complexity index is 4730. The minimum Gasteiger partial charge on any atom is -0.496 e. The number of alkyl halides is 9. The molecule has 0 bridgehead atoms. The van der Waals surface area contributed by atoms with E-state index in [4.69, 9.17) is 4.74 Å². The maximum absolute atomic E-state index is 13.8. The van der Waals surface area contributed by atoms with Crippen molar-refractivity contribution < 1.29 is 52.7 Å². The normalized spacial score (nSPS) is 13.5. The molecule has 0 aliphatic carbocycles. The number of nitrogens with one attached hydrogen (secondary N) is 1. The lowest BCUT2D eigenvalue weighted by Gasteiger charge is -2.20. The largest absolute Gasteiger partial charge is 0.586 e. The number of rotatable bonds is 9. The third kappa shape index (κ3) is 19.3. The highest BCUT2D eigenvalue weighted by atomic mass is 32.2. The van der Waals surface area contributed by atoms with Gasteiger partial charge in [0.25, 0.3) is 0 Å². The van der Waals surface area contributed by atoms with E-state index in [9.17, 15) is 47.9 Å². The van der Waals surface area contributed by atoms with Crippen LogP contribution in [0.4, 0.5) is 50.9 Å². The first-order valence-electron chi connectivity index (χ1n) is 33.3. The smallest absolute Gasteiger partial charge is 0.496 e. The minimum absolute atomic E-state index is 0.0204. The van der Waals surface area contributed by atoms with Gasteiger partial charge < -0.3 is 10.1 Å². The second kappa shape index (κ2) is 33.8. The van der Waals surface area contributed by atoms with Crippen molar-refractivity contribution >= 4 is 75.7 Å². The Labute approximate surface area is 624 Å². The molecular weight excluding hydrogens is 1460 g/mol. The van der Waals surface area contributed by atoms with Crippen molar-refractivity contribution in [3.8, 4) is 5.75 Å². The molecule has 1 atom stereocenters. The average Bonchev–Trinajstić information content (AvgIpc) is 0.729. The first-order chi connectivity index (χ1) is 49.9. The molecule has 0 saturated carbocycles. The van der Waals surface area contributed by atoms with Gasteiger partial charge >= 0.3 is 16.5 Å². The minimum atomic E-state index is -4.31. The Balaban J connectivity index is 0.000000141. The van der Waals surface area contributed by atoms with Crippen LogP contribution < -0.4 is 10.1 Å². The predicted molar refractivity (Wildman–Crippen MR) is 414 cm³/mol. The molecule has 2 heterocycles. The van der Waals surface area contributed by atoms with Gasteiger partial charge in [0.15, 0.2) is 91.4 Å². The number of anilines is 2. The number of hydrogen-bond acceptors (Lipinski definition) is 4. The Morgan fingerprint density at radius 1 is 0.324 bits per heavy atom. The number of hydrogen-bond donors (Lipinski definition) is 1. The van der Waals surface area contributed by atoms with Crippen LogP contribution in [0.1, 0.15) is 63.8 Å². The molecule has 105 heavy (non-hydrogen) atoms. The molecule has 0 amide bonds. The van der Waals surface area contributed by atoms with Crippen molar-refractivity contribution in [2.75, 3.05) is 12.4 Å². The van der Waals surface area contributed by atoms with Gasteiger partial charge in [-0.15, -0.1) is 39.5 Å². The van der Waals surface area contributed by atoms with E-state index in [1.54, 1.807) is 129 Å². The summed E-state index contributed by atoms with van der Waals surface area (Å²) in [6.45, 7) is 15.8. The molecule has 0 saturated heterocycles. The number of para-hydroxylation sites is 2. The second-order valence-corrected chi connectivity index (χ2v) is 38.0. The Morgan fingerprint density at radius 2 is 0.581 bits per heavy atom. The molecular formula is C86H79F9NO3S6+5. The quantitative estimate of drug-likeness (QED) is 0.116. The van der Waals surface area contributed by atoms with Crippen molar-refractivity contribution in [2.24, 2.45) is 0 Å². The van der Waals surface area contributed by atoms with Gasteiger partial charge in [-0.25, -0.2) is 8.42 Å². The Hall–Kier alpha value is -8.69. The molecule has 19 heteroatoms. The molecule has 1 unspecified atom stereocenters. The maximum atomic E-state index is 13.8. The Morgan fingerprint density at radius 3 is 0.886 bits per heavy atom. The number of fused-ring (bicyclic) bond motifs is 4. The van der Waals surface area contributed by atoms with Gasteiger partial charge in [-0.05, 0) is 180 Å². The molecule has 0 spiro atoms. The Kier molecular flexibility index (Phi) is 25.4. The summed E-state index contributed by atoms with van der Waals surface area (Å²) in [6, 6.07) is 93.6. The summed E-state index contributed by atoms with van der Waals surface area (Å²) in [7, 11) is -8.08. The lowest BCUT2D eigenvalue weighted by Crippen LogP contribution is -2.24. The number of aryl methyl sites for hydroxylation is 2. The SMILES string of the molecule is CC(C)(C)c1ccc([S+](c2ccc(C(C)(C)C)cc2)C(F)(F)F)cc1.COc1c(C)cc([S+](c2ccccc2)C(F)(F)F)cc1C.FC(F)(F)[S+](c1ccccc1)c1ccccc1.O=S1(=O)c2ccccc2[S+](c2ccccc2)c2ccccc21.c1ccc([S+]2c3ccccc3Nc3ccccc32)cc1. The molecule has 14 rings (SSSR count). The van der Waals surface area contributed by atoms with E-state index < -0.39 is 59.0 Å². The topological polar surface area (TPSA) is 55.4 Å². The number of methoxy groups -OCH3 is 1. The van der Waals surface area contributed by atoms with Gasteiger partial charge in [0.2, 0.25) is 9.84 Å². The highest BCUT2D eigenvalue weighted by molar-refractivity contribution is 8.01. The predicted octanol–water partition coefficient (Wildman–Crippen LogP) is 24.7. The van der Waals surface area contributed by atoms with Crippen molar-refractivity contribution in [1.29, 1.82) is 0 Å². The first kappa shape index (κ1) is 78.9. The average molecular weight is 1540 g/mol. The van der Waals surface area contributed by atoms with Gasteiger partial charge in [0.1, 0.15) is 37.3 Å². The van der Waals surface area contributed by atoms with Gasteiger partial charge in [-0.3, -0.25) is 0 Å². The fourth-order valence-corrected chi connectivity index (χ4v) is 23.8. The van der Waals surface area contributed by atoms with Crippen LogP contribution in [0, 0.1) is 13.8 Å². The number of benzene rings is 12. The lowest BCUT2D eigenvalue weighted by atomic mass is 9.87. The number of halogens is 9. The summed E-state index contributed by atoms with van der Waals surface area (Å²) in [5, 5.41) is 3.55. The van der Waals surface area contributed by atoms with Gasteiger partial charge in [0, 0.05) is 12.1 Å². The monoisotopic (exact) mass is 1540 g/mol. The molecule has 12 aromatic carbocycles. The highest BCUT2D eigenvalue weighted by Crippen LogP contribution is 2.48. The van der Waals surface area contributed by atoms with Crippen LogP contribution in [0.15, 0.2) is 378 Å². The zero-order valence-corrected chi connectivity index (χ0v) is 63.9. The zero-order chi connectivity index (χ0) is 75.5. The second-order valence-electron chi connectivity index (χ2n) is 26.1. The van der Waals surface area contributed by atoms with Gasteiger partial charge in [-0.1, -0.05) is 205 Å². The van der Waals surface area contributed by atoms with Crippen LogP contribution in [0.2, 0.25) is 0 Å². The summed E-state index contributed by atoms with van der Waals surface area (Å²) in [4.78, 5) is 9.63. The van der Waals surface area contributed by atoms with Crippen LogP contribution in [-0.4, -0.2) is 32.1 Å². The highest BCUT2D eigenvalue weighted by Gasteiger charge is 2.57. The molecule has 2 aliphatic rings. The standard InChI is InChI=1S/C21H26F3S.C18H14NS.C18H13O2S2.C16H16F3OS.C13H10F3S/c1-19(2,3)15-7-11-17(12-8-15)25(21(22,23)24)18-13-9-16(10-14-18)20(4,5)6;1-2-8-14(9-3-1)20-17-12-6-4-10-15(17)19-16-11-5-7-13-18(16)20;19-22(20)17-12-6-4-10-15(17)21(14-8-2-1-3-9-14)16-11-5-7-13-18(16)22;1-11-9-14(10-12(2)15(11)20-3)21(16(17,18)19)13-7-5-4-6-8-13;14-13(15,16)17(11-7-3-1-4-8-11)12-9-5-2-6-10-12/h7-14H,1-6H3;1-13,19H;1-13H;4-10H,1-3H3;1-10H/q5*+1. The van der Waals surface area contributed by atoms with Gasteiger partial charge in [0.05, 0.1) is 18.5 Å². The number of ether oxygens (including phenoxy) is 1. The molecule has 4 nitrogen and oxygen atoms in total. The summed E-state index contributed by atoms with van der Waals surface area (Å²) >= 11 is 0. The molecule has 12 aromatic rings. The van der Waals surface area contributed by atoms with E-state index in [1.807, 2.05) is 66.7 Å². The van der Waals surface area contributed by atoms with Crippen molar-refractivity contribution in [3.63, 3.8) is 0 Å². The van der Waals surface area contributed by atoms with Crippen LogP contribution in [0.3, 0.4) is 0 Å². The van der Waals surface area contributed by atoms with E-state index in [0.29, 0.717) is 46.2 Å². The van der Waals surface area contributed by atoms with Crippen LogP contribution >= 0.6 is 0 Å². The lowest BCUT2D eigenvalue weighted by molar-refractivity contribution is -0.0379. The summed E-state index contributed by atoms with van der Waals surface area (Å²) in [5.74, 6) is 0.637. The summed E-state index contributed by atoms with van der Waals surface area (Å²) in [6.07, 6.45) is 0. The molecule has 2 aliphatic heterocycles. The summed E-state index contributed by atoms with van der Waals surface area (Å²) < 4.78 is 152. The number of sulfone groups is 1. The van der Waals surface area contributed by atoms with E-state index in [-0.39, 0.29) is 42.4 Å². The molecule has 1 N–H and O–H groups in total. The molecule has 540 valence electrons. The van der Waals surface area contributed by atoms with Crippen molar-refractivity contribution in [1.82, 2.24) is 0 Å². The molecule has 0 aromatic heterocycles. The van der Waals surface area contributed by atoms with E-state index in [2.05, 4.69) is 138 Å². The van der Waals surface area contributed by atoms with E-state index >= 15 is 0 Å².